The molecule has 0 nitrogen and oxygen atoms in total. The number of terminal acetylenes is 1. The highest BCUT2D eigenvalue weighted by Crippen LogP contribution is 2.22. The normalized spacial score (nSPS) is 10.0. The van der Waals surface area contributed by atoms with Gasteiger partial charge in [-0.2, -0.15) is 0 Å². The molecule has 0 spiro atoms. The van der Waals surface area contributed by atoms with Gasteiger partial charge in [0.2, 0.25) is 5.82 Å². The SMILES string of the molecule is C#CCc1c(F)c(F)c(F)c(F)c1F. The quantitative estimate of drug-likeness (QED) is 0.286. The van der Waals surface area contributed by atoms with E-state index >= 15 is 0 Å². The number of hydrogen-bond donors (Lipinski definition) is 0. The fourth-order valence-corrected chi connectivity index (χ4v) is 0.908. The number of halogens is 5. The maximum absolute atomic E-state index is 12.8. The smallest absolute Gasteiger partial charge is 0.200 e. The Balaban J connectivity index is 3.53. The summed E-state index contributed by atoms with van der Waals surface area (Å²) in [6.07, 6.45) is 4.07. The largest absolute Gasteiger partial charge is 0.203 e. The standard InChI is InChI=1S/C9H3F5/c1-2-3-4-5(10)7(12)9(14)8(13)6(4)11/h1H,3H2. The van der Waals surface area contributed by atoms with Crippen LogP contribution < -0.4 is 0 Å². The average Bonchev–Trinajstić information content (AvgIpc) is 2.19. The molecule has 0 atom stereocenters. The summed E-state index contributed by atoms with van der Waals surface area (Å²) in [5.41, 5.74) is -0.983. The lowest BCUT2D eigenvalue weighted by Gasteiger charge is -2.04. The van der Waals surface area contributed by atoms with Crippen LogP contribution in [-0.4, -0.2) is 0 Å². The Morgan fingerprint density at radius 1 is 0.786 bits per heavy atom. The fourth-order valence-electron chi connectivity index (χ4n) is 0.908. The van der Waals surface area contributed by atoms with Crippen molar-refractivity contribution in [2.24, 2.45) is 0 Å². The van der Waals surface area contributed by atoms with Crippen molar-refractivity contribution in [3.63, 3.8) is 0 Å². The molecule has 0 aliphatic heterocycles. The number of rotatable bonds is 1. The second-order valence-electron chi connectivity index (χ2n) is 2.43. The van der Waals surface area contributed by atoms with Gasteiger partial charge < -0.3 is 0 Å². The van der Waals surface area contributed by atoms with Crippen molar-refractivity contribution < 1.29 is 22.0 Å². The minimum Gasteiger partial charge on any atom is -0.203 e. The molecule has 0 heterocycles. The Morgan fingerprint density at radius 2 is 1.14 bits per heavy atom. The number of hydrogen-bond acceptors (Lipinski definition) is 0. The van der Waals surface area contributed by atoms with E-state index in [0.29, 0.717) is 0 Å². The summed E-state index contributed by atoms with van der Waals surface area (Å²) in [5, 5.41) is 0. The van der Waals surface area contributed by atoms with E-state index < -0.39 is 41.1 Å². The Kier molecular flexibility index (Phi) is 2.75. The van der Waals surface area contributed by atoms with E-state index in [2.05, 4.69) is 0 Å². The fraction of sp³-hybridized carbons (Fsp3) is 0.111. The van der Waals surface area contributed by atoms with Crippen LogP contribution in [0.1, 0.15) is 5.56 Å². The van der Waals surface area contributed by atoms with Gasteiger partial charge in [-0.3, -0.25) is 0 Å². The van der Waals surface area contributed by atoms with Crippen LogP contribution in [-0.2, 0) is 6.42 Å². The van der Waals surface area contributed by atoms with Gasteiger partial charge >= 0.3 is 0 Å². The van der Waals surface area contributed by atoms with Crippen molar-refractivity contribution in [1.82, 2.24) is 0 Å². The van der Waals surface area contributed by atoms with Crippen LogP contribution in [0.15, 0.2) is 0 Å². The lowest BCUT2D eigenvalue weighted by atomic mass is 10.1. The molecule has 1 aromatic rings. The second kappa shape index (κ2) is 3.66. The zero-order valence-electron chi connectivity index (χ0n) is 6.67. The first-order chi connectivity index (χ1) is 6.50. The van der Waals surface area contributed by atoms with Crippen LogP contribution in [0.5, 0.6) is 0 Å². The zero-order valence-corrected chi connectivity index (χ0v) is 6.67. The molecule has 0 bridgehead atoms. The topological polar surface area (TPSA) is 0 Å². The van der Waals surface area contributed by atoms with Crippen molar-refractivity contribution in [2.75, 3.05) is 0 Å². The summed E-state index contributed by atoms with van der Waals surface area (Å²) in [7, 11) is 0. The van der Waals surface area contributed by atoms with Gasteiger partial charge in [-0.15, -0.1) is 12.3 Å². The van der Waals surface area contributed by atoms with Gasteiger partial charge in [-0.05, 0) is 0 Å². The molecule has 0 N–H and O–H groups in total. The lowest BCUT2D eigenvalue weighted by molar-refractivity contribution is 0.372. The van der Waals surface area contributed by atoms with Gasteiger partial charge in [0, 0.05) is 12.0 Å². The predicted octanol–water partition coefficient (Wildman–Crippen LogP) is 2.56. The highest BCUT2D eigenvalue weighted by atomic mass is 19.2. The van der Waals surface area contributed by atoms with E-state index in [9.17, 15) is 22.0 Å². The van der Waals surface area contributed by atoms with Gasteiger partial charge in [-0.25, -0.2) is 22.0 Å². The molecule has 14 heavy (non-hydrogen) atoms. The Labute approximate surface area is 76.4 Å². The first-order valence-corrected chi connectivity index (χ1v) is 3.44. The van der Waals surface area contributed by atoms with Crippen LogP contribution in [0, 0.1) is 41.4 Å². The summed E-state index contributed by atoms with van der Waals surface area (Å²) < 4.78 is 63.0. The molecule has 0 aliphatic rings. The molecule has 0 aromatic heterocycles. The van der Waals surface area contributed by atoms with Crippen molar-refractivity contribution in [3.8, 4) is 12.3 Å². The van der Waals surface area contributed by atoms with Crippen molar-refractivity contribution in [3.05, 3.63) is 34.6 Å². The molecular weight excluding hydrogens is 203 g/mol. The molecule has 5 heteroatoms. The molecule has 74 valence electrons. The Bertz CT molecular complexity index is 387. The number of benzene rings is 1. The van der Waals surface area contributed by atoms with Crippen LogP contribution in [0.2, 0.25) is 0 Å². The molecule has 0 saturated heterocycles. The molecule has 0 saturated carbocycles. The minimum atomic E-state index is -2.18. The summed E-state index contributed by atoms with van der Waals surface area (Å²) >= 11 is 0. The van der Waals surface area contributed by atoms with E-state index in [1.807, 2.05) is 0 Å². The van der Waals surface area contributed by atoms with E-state index in [1.54, 1.807) is 5.92 Å². The summed E-state index contributed by atoms with van der Waals surface area (Å²) in [5.74, 6) is -8.08. The third kappa shape index (κ3) is 1.43. The van der Waals surface area contributed by atoms with E-state index in [4.69, 9.17) is 6.42 Å². The molecular formula is C9H3F5. The van der Waals surface area contributed by atoms with Gasteiger partial charge in [0.1, 0.15) is 0 Å². The lowest BCUT2D eigenvalue weighted by Crippen LogP contribution is -2.06. The van der Waals surface area contributed by atoms with Crippen LogP contribution in [0.25, 0.3) is 0 Å². The predicted molar refractivity (Wildman–Crippen MR) is 38.8 cm³/mol. The van der Waals surface area contributed by atoms with E-state index in [0.717, 1.165) is 0 Å². The van der Waals surface area contributed by atoms with Crippen molar-refractivity contribution >= 4 is 0 Å². The Morgan fingerprint density at radius 3 is 1.50 bits per heavy atom. The monoisotopic (exact) mass is 206 g/mol. The second-order valence-corrected chi connectivity index (χ2v) is 2.43. The van der Waals surface area contributed by atoms with Gasteiger partial charge in [0.05, 0.1) is 0 Å². The molecule has 1 aromatic carbocycles. The molecule has 0 aliphatic carbocycles. The first kappa shape index (κ1) is 10.5. The summed E-state index contributed by atoms with van der Waals surface area (Å²) in [6, 6.07) is 0. The summed E-state index contributed by atoms with van der Waals surface area (Å²) in [6.45, 7) is 0. The van der Waals surface area contributed by atoms with Crippen LogP contribution >= 0.6 is 0 Å². The zero-order chi connectivity index (χ0) is 10.9. The first-order valence-electron chi connectivity index (χ1n) is 3.44. The molecule has 0 unspecified atom stereocenters. The molecule has 0 fully saturated rings. The molecule has 0 radical (unpaired) electrons. The van der Waals surface area contributed by atoms with E-state index in [1.165, 1.54) is 0 Å². The van der Waals surface area contributed by atoms with E-state index in [-0.39, 0.29) is 0 Å². The van der Waals surface area contributed by atoms with Gasteiger partial charge in [-0.1, -0.05) is 0 Å². The third-order valence-electron chi connectivity index (χ3n) is 1.58. The molecule has 1 rings (SSSR count). The van der Waals surface area contributed by atoms with Gasteiger partial charge in [0.15, 0.2) is 23.3 Å². The average molecular weight is 206 g/mol. The minimum absolute atomic E-state index is 0.647. The highest BCUT2D eigenvalue weighted by molar-refractivity contribution is 5.26. The summed E-state index contributed by atoms with van der Waals surface area (Å²) in [4.78, 5) is 0. The maximum Gasteiger partial charge on any atom is 0.200 e. The highest BCUT2D eigenvalue weighted by Gasteiger charge is 2.24. The van der Waals surface area contributed by atoms with Crippen molar-refractivity contribution in [2.45, 2.75) is 6.42 Å². The van der Waals surface area contributed by atoms with Crippen LogP contribution in [0.4, 0.5) is 22.0 Å². The maximum atomic E-state index is 12.8. The van der Waals surface area contributed by atoms with Crippen LogP contribution in [0.3, 0.4) is 0 Å². The van der Waals surface area contributed by atoms with Crippen molar-refractivity contribution in [1.29, 1.82) is 0 Å². The van der Waals surface area contributed by atoms with Gasteiger partial charge in [0.25, 0.3) is 0 Å². The Hall–Kier alpha value is -1.57. The molecule has 0 amide bonds. The third-order valence-corrected chi connectivity index (χ3v) is 1.58.